The van der Waals surface area contributed by atoms with Crippen LogP contribution in [0.3, 0.4) is 0 Å². The average molecular weight is 201 g/mol. The number of imidazole rings is 1. The second-order valence-electron chi connectivity index (χ2n) is 4.32. The fraction of sp³-hybridized carbons (Fsp3) is 0.417. The number of fused-ring (bicyclic) bond motifs is 1. The Hall–Kier alpha value is -1.35. The summed E-state index contributed by atoms with van der Waals surface area (Å²) in [6.07, 6.45) is 4.68. The van der Waals surface area contributed by atoms with Crippen molar-refractivity contribution in [1.82, 2.24) is 9.38 Å². The molecule has 0 radical (unpaired) electrons. The SMILES string of the molecule is Cc1nc(C2CC2)n2ccc(CN)cc12. The Morgan fingerprint density at radius 2 is 2.33 bits per heavy atom. The van der Waals surface area contributed by atoms with E-state index >= 15 is 0 Å². The van der Waals surface area contributed by atoms with Crippen molar-refractivity contribution in [3.63, 3.8) is 0 Å². The number of aryl methyl sites for hydroxylation is 1. The predicted octanol–water partition coefficient (Wildman–Crippen LogP) is 1.98. The Morgan fingerprint density at radius 3 is 3.00 bits per heavy atom. The topological polar surface area (TPSA) is 43.3 Å². The Balaban J connectivity index is 2.23. The third-order valence-corrected chi connectivity index (χ3v) is 3.10. The number of hydrogen-bond donors (Lipinski definition) is 1. The molecule has 0 amide bonds. The summed E-state index contributed by atoms with van der Waals surface area (Å²) in [6.45, 7) is 2.67. The van der Waals surface area contributed by atoms with Crippen molar-refractivity contribution in [3.8, 4) is 0 Å². The monoisotopic (exact) mass is 201 g/mol. The van der Waals surface area contributed by atoms with E-state index in [9.17, 15) is 0 Å². The molecule has 15 heavy (non-hydrogen) atoms. The van der Waals surface area contributed by atoms with Gasteiger partial charge in [-0.15, -0.1) is 0 Å². The van der Waals surface area contributed by atoms with Crippen LogP contribution in [0.1, 0.15) is 35.8 Å². The van der Waals surface area contributed by atoms with Gasteiger partial charge >= 0.3 is 0 Å². The molecule has 1 aliphatic carbocycles. The van der Waals surface area contributed by atoms with Crippen LogP contribution in [0, 0.1) is 6.92 Å². The summed E-state index contributed by atoms with van der Waals surface area (Å²) < 4.78 is 2.21. The fourth-order valence-electron chi connectivity index (χ4n) is 2.06. The molecule has 0 spiro atoms. The van der Waals surface area contributed by atoms with E-state index in [0.717, 1.165) is 5.69 Å². The van der Waals surface area contributed by atoms with Gasteiger partial charge in [-0.05, 0) is 37.5 Å². The largest absolute Gasteiger partial charge is 0.326 e. The van der Waals surface area contributed by atoms with Gasteiger partial charge in [0.05, 0.1) is 11.2 Å². The Kier molecular flexibility index (Phi) is 1.83. The molecule has 0 unspecified atom stereocenters. The lowest BCUT2D eigenvalue weighted by atomic mass is 10.2. The predicted molar refractivity (Wildman–Crippen MR) is 59.8 cm³/mol. The second-order valence-corrected chi connectivity index (χ2v) is 4.32. The lowest BCUT2D eigenvalue weighted by molar-refractivity contribution is 0.912. The van der Waals surface area contributed by atoms with Gasteiger partial charge in [0.25, 0.3) is 0 Å². The van der Waals surface area contributed by atoms with E-state index in [-0.39, 0.29) is 0 Å². The molecule has 3 nitrogen and oxygen atoms in total. The normalized spacial score (nSPS) is 16.1. The highest BCUT2D eigenvalue weighted by atomic mass is 15.0. The van der Waals surface area contributed by atoms with Crippen LogP contribution in [0.4, 0.5) is 0 Å². The molecule has 3 rings (SSSR count). The zero-order valence-electron chi connectivity index (χ0n) is 8.90. The molecule has 78 valence electrons. The molecular weight excluding hydrogens is 186 g/mol. The second kappa shape index (κ2) is 3.07. The van der Waals surface area contributed by atoms with Crippen molar-refractivity contribution in [2.75, 3.05) is 0 Å². The van der Waals surface area contributed by atoms with Crippen LogP contribution in [0.15, 0.2) is 18.3 Å². The molecule has 0 atom stereocenters. The minimum absolute atomic E-state index is 0.597. The van der Waals surface area contributed by atoms with Crippen molar-refractivity contribution >= 4 is 5.52 Å². The minimum Gasteiger partial charge on any atom is -0.326 e. The molecule has 2 aromatic rings. The zero-order chi connectivity index (χ0) is 10.4. The van der Waals surface area contributed by atoms with Gasteiger partial charge in [-0.2, -0.15) is 0 Å². The van der Waals surface area contributed by atoms with Crippen LogP contribution in [0.2, 0.25) is 0 Å². The summed E-state index contributed by atoms with van der Waals surface area (Å²) in [4.78, 5) is 4.65. The Labute approximate surface area is 88.9 Å². The van der Waals surface area contributed by atoms with E-state index in [0.29, 0.717) is 12.5 Å². The van der Waals surface area contributed by atoms with Crippen molar-refractivity contribution in [1.29, 1.82) is 0 Å². The van der Waals surface area contributed by atoms with E-state index in [2.05, 4.69) is 34.6 Å². The van der Waals surface area contributed by atoms with Gasteiger partial charge in [0.15, 0.2) is 0 Å². The summed E-state index contributed by atoms with van der Waals surface area (Å²) in [5.74, 6) is 1.92. The van der Waals surface area contributed by atoms with Gasteiger partial charge in [0.2, 0.25) is 0 Å². The highest BCUT2D eigenvalue weighted by Gasteiger charge is 2.28. The van der Waals surface area contributed by atoms with Gasteiger partial charge in [-0.25, -0.2) is 4.98 Å². The highest BCUT2D eigenvalue weighted by Crippen LogP contribution is 2.39. The van der Waals surface area contributed by atoms with Crippen LogP contribution >= 0.6 is 0 Å². The number of nitrogens with two attached hydrogens (primary N) is 1. The lowest BCUT2D eigenvalue weighted by Crippen LogP contribution is -1.98. The van der Waals surface area contributed by atoms with Gasteiger partial charge in [0, 0.05) is 18.7 Å². The molecule has 2 aromatic heterocycles. The number of aromatic nitrogens is 2. The van der Waals surface area contributed by atoms with Crippen molar-refractivity contribution in [2.45, 2.75) is 32.2 Å². The number of rotatable bonds is 2. The van der Waals surface area contributed by atoms with Crippen LogP contribution in [-0.4, -0.2) is 9.38 Å². The number of pyridine rings is 1. The lowest BCUT2D eigenvalue weighted by Gasteiger charge is -2.01. The maximum atomic E-state index is 5.64. The fourth-order valence-corrected chi connectivity index (χ4v) is 2.06. The van der Waals surface area contributed by atoms with Crippen LogP contribution in [-0.2, 0) is 6.54 Å². The van der Waals surface area contributed by atoms with Gasteiger partial charge in [0.1, 0.15) is 5.82 Å². The Morgan fingerprint density at radius 1 is 1.53 bits per heavy atom. The molecule has 0 aliphatic heterocycles. The molecular formula is C12H15N3. The average Bonchev–Trinajstić information content (AvgIpc) is 3.05. The van der Waals surface area contributed by atoms with Gasteiger partial charge < -0.3 is 10.1 Å². The quantitative estimate of drug-likeness (QED) is 0.807. The third kappa shape index (κ3) is 1.35. The van der Waals surface area contributed by atoms with E-state index in [1.54, 1.807) is 0 Å². The molecule has 0 bridgehead atoms. The maximum absolute atomic E-state index is 5.64. The first-order chi connectivity index (χ1) is 7.29. The first kappa shape index (κ1) is 8.92. The van der Waals surface area contributed by atoms with Crippen LogP contribution in [0.25, 0.3) is 5.52 Å². The summed E-state index contributed by atoms with van der Waals surface area (Å²) in [5.41, 5.74) is 9.14. The summed E-state index contributed by atoms with van der Waals surface area (Å²) in [5, 5.41) is 0. The van der Waals surface area contributed by atoms with Crippen molar-refractivity contribution in [3.05, 3.63) is 35.4 Å². The number of hydrogen-bond acceptors (Lipinski definition) is 2. The van der Waals surface area contributed by atoms with Crippen molar-refractivity contribution < 1.29 is 0 Å². The smallest absolute Gasteiger partial charge is 0.116 e. The molecule has 1 saturated carbocycles. The summed E-state index contributed by atoms with van der Waals surface area (Å²) in [6, 6.07) is 4.23. The minimum atomic E-state index is 0.597. The molecule has 2 N–H and O–H groups in total. The standard InChI is InChI=1S/C12H15N3/c1-8-11-6-9(7-13)4-5-15(11)12(14-8)10-2-3-10/h4-6,10H,2-3,7,13H2,1H3. The van der Waals surface area contributed by atoms with Gasteiger partial charge in [-0.3, -0.25) is 0 Å². The van der Waals surface area contributed by atoms with Crippen molar-refractivity contribution in [2.24, 2.45) is 5.73 Å². The molecule has 3 heteroatoms. The summed E-state index contributed by atoms with van der Waals surface area (Å²) in [7, 11) is 0. The van der Waals surface area contributed by atoms with Crippen LogP contribution in [0.5, 0.6) is 0 Å². The highest BCUT2D eigenvalue weighted by molar-refractivity contribution is 5.55. The van der Waals surface area contributed by atoms with Gasteiger partial charge in [-0.1, -0.05) is 0 Å². The van der Waals surface area contributed by atoms with Crippen LogP contribution < -0.4 is 5.73 Å². The summed E-state index contributed by atoms with van der Waals surface area (Å²) >= 11 is 0. The first-order valence-electron chi connectivity index (χ1n) is 5.47. The maximum Gasteiger partial charge on any atom is 0.116 e. The molecule has 0 saturated heterocycles. The number of nitrogens with zero attached hydrogens (tertiary/aromatic N) is 2. The molecule has 1 aliphatic rings. The van der Waals surface area contributed by atoms with E-state index in [4.69, 9.17) is 5.73 Å². The molecule has 0 aromatic carbocycles. The van der Waals surface area contributed by atoms with E-state index in [1.807, 2.05) is 0 Å². The van der Waals surface area contributed by atoms with E-state index < -0.39 is 0 Å². The molecule has 1 fully saturated rings. The Bertz CT molecular complexity index is 509. The first-order valence-corrected chi connectivity index (χ1v) is 5.47. The molecule has 2 heterocycles. The van der Waals surface area contributed by atoms with E-state index in [1.165, 1.54) is 29.7 Å². The zero-order valence-corrected chi connectivity index (χ0v) is 8.90. The third-order valence-electron chi connectivity index (χ3n) is 3.10.